The molecule has 0 bridgehead atoms. The average molecular weight is 357 g/mol. The fourth-order valence-electron chi connectivity index (χ4n) is 3.66. The predicted molar refractivity (Wildman–Crippen MR) is 97.3 cm³/mol. The van der Waals surface area contributed by atoms with Crippen LogP contribution in [0.1, 0.15) is 48.7 Å². The number of rotatable bonds is 3. The van der Waals surface area contributed by atoms with Crippen molar-refractivity contribution in [1.82, 2.24) is 14.5 Å². The third kappa shape index (κ3) is 4.00. The second-order valence-corrected chi connectivity index (χ2v) is 6.91. The Morgan fingerprint density at radius 2 is 2.04 bits per heavy atom. The first-order chi connectivity index (χ1) is 12.5. The van der Waals surface area contributed by atoms with Crippen molar-refractivity contribution >= 4 is 5.91 Å². The van der Waals surface area contributed by atoms with E-state index < -0.39 is 5.69 Å². The molecule has 1 atom stereocenters. The Hall–Kier alpha value is -2.50. The smallest absolute Gasteiger partial charge is 0.334 e. The zero-order valence-electron chi connectivity index (χ0n) is 15.2. The maximum absolute atomic E-state index is 13.7. The molecule has 1 aromatic heterocycles. The van der Waals surface area contributed by atoms with E-state index >= 15 is 0 Å². The number of carbonyl (C=O) groups is 1. The Morgan fingerprint density at radius 1 is 1.23 bits per heavy atom. The molecule has 1 amide bonds. The number of likely N-dealkylation sites (tertiary alicyclic amines) is 1. The molecule has 138 valence electrons. The highest BCUT2D eigenvalue weighted by molar-refractivity contribution is 5.76. The maximum atomic E-state index is 13.7. The Kier molecular flexibility index (Phi) is 5.49. The van der Waals surface area contributed by atoms with Gasteiger partial charge in [0.25, 0.3) is 0 Å². The molecule has 0 aliphatic carbocycles. The Bertz CT molecular complexity index is 862. The standard InChI is InChI=1S/C20H24FN3O2/c1-14-11-15(2)24(20(26)22-14)13-19(25)23-10-5-3-4-9-18(23)16-7-6-8-17(21)12-16/h6-8,11-12,18H,3-5,9-10,13H2,1-2H3/t18-/m1/s1. The van der Waals surface area contributed by atoms with Crippen molar-refractivity contribution in [1.29, 1.82) is 0 Å². The molecule has 0 spiro atoms. The number of halogens is 1. The van der Waals surface area contributed by atoms with E-state index in [1.54, 1.807) is 30.9 Å². The van der Waals surface area contributed by atoms with E-state index in [1.807, 2.05) is 6.07 Å². The van der Waals surface area contributed by atoms with Gasteiger partial charge in [0, 0.05) is 17.9 Å². The SMILES string of the molecule is Cc1cc(C)n(CC(=O)N2CCCCC[C@@H]2c2cccc(F)c2)c(=O)n1. The molecule has 26 heavy (non-hydrogen) atoms. The minimum Gasteiger partial charge on any atom is -0.334 e. The van der Waals surface area contributed by atoms with E-state index in [2.05, 4.69) is 4.98 Å². The summed E-state index contributed by atoms with van der Waals surface area (Å²) in [6.07, 6.45) is 3.75. The van der Waals surface area contributed by atoms with Crippen LogP contribution in [0, 0.1) is 19.7 Å². The summed E-state index contributed by atoms with van der Waals surface area (Å²) in [4.78, 5) is 30.9. The van der Waals surface area contributed by atoms with Crippen LogP contribution in [0.4, 0.5) is 4.39 Å². The number of hydrogen-bond acceptors (Lipinski definition) is 3. The van der Waals surface area contributed by atoms with Gasteiger partial charge in [-0.2, -0.15) is 4.98 Å². The lowest BCUT2D eigenvalue weighted by atomic mass is 10.0. The van der Waals surface area contributed by atoms with Crippen LogP contribution >= 0.6 is 0 Å². The fraction of sp³-hybridized carbons (Fsp3) is 0.450. The lowest BCUT2D eigenvalue weighted by molar-refractivity contribution is -0.134. The van der Waals surface area contributed by atoms with Crippen LogP contribution in [0.3, 0.4) is 0 Å². The van der Waals surface area contributed by atoms with Gasteiger partial charge < -0.3 is 4.90 Å². The third-order valence-electron chi connectivity index (χ3n) is 4.95. The first-order valence-corrected chi connectivity index (χ1v) is 9.06. The Balaban J connectivity index is 1.89. The summed E-state index contributed by atoms with van der Waals surface area (Å²) in [7, 11) is 0. The van der Waals surface area contributed by atoms with Crippen molar-refractivity contribution in [2.45, 2.75) is 52.1 Å². The molecule has 0 N–H and O–H groups in total. The van der Waals surface area contributed by atoms with Crippen LogP contribution in [0.5, 0.6) is 0 Å². The second-order valence-electron chi connectivity index (χ2n) is 6.91. The number of carbonyl (C=O) groups excluding carboxylic acids is 1. The summed E-state index contributed by atoms with van der Waals surface area (Å²) >= 11 is 0. The highest BCUT2D eigenvalue weighted by Crippen LogP contribution is 2.30. The lowest BCUT2D eigenvalue weighted by Gasteiger charge is -2.31. The lowest BCUT2D eigenvalue weighted by Crippen LogP contribution is -2.40. The van der Waals surface area contributed by atoms with E-state index in [0.29, 0.717) is 17.9 Å². The van der Waals surface area contributed by atoms with Crippen LogP contribution in [0.15, 0.2) is 35.1 Å². The number of hydrogen-bond donors (Lipinski definition) is 0. The normalized spacial score (nSPS) is 17.8. The number of aromatic nitrogens is 2. The quantitative estimate of drug-likeness (QED) is 0.848. The molecule has 1 aromatic carbocycles. The van der Waals surface area contributed by atoms with Crippen LogP contribution in [0.2, 0.25) is 0 Å². The molecule has 2 heterocycles. The average Bonchev–Trinajstić information content (AvgIpc) is 2.84. The third-order valence-corrected chi connectivity index (χ3v) is 4.95. The zero-order chi connectivity index (χ0) is 18.7. The van der Waals surface area contributed by atoms with Gasteiger partial charge in [-0.05, 0) is 50.5 Å². The first-order valence-electron chi connectivity index (χ1n) is 9.06. The summed E-state index contributed by atoms with van der Waals surface area (Å²) in [6, 6.07) is 8.09. The van der Waals surface area contributed by atoms with Gasteiger partial charge in [-0.3, -0.25) is 9.36 Å². The monoisotopic (exact) mass is 357 g/mol. The van der Waals surface area contributed by atoms with E-state index in [-0.39, 0.29) is 24.3 Å². The molecule has 3 rings (SSSR count). The largest absolute Gasteiger partial charge is 0.348 e. The molecule has 1 saturated heterocycles. The second kappa shape index (κ2) is 7.81. The van der Waals surface area contributed by atoms with Gasteiger partial charge in [-0.25, -0.2) is 9.18 Å². The van der Waals surface area contributed by atoms with Gasteiger partial charge >= 0.3 is 5.69 Å². The number of aryl methyl sites for hydroxylation is 2. The summed E-state index contributed by atoms with van der Waals surface area (Å²) < 4.78 is 15.1. The van der Waals surface area contributed by atoms with Gasteiger partial charge in [-0.1, -0.05) is 25.0 Å². The minimum absolute atomic E-state index is 0.0379. The molecule has 0 radical (unpaired) electrons. The first kappa shape index (κ1) is 18.3. The van der Waals surface area contributed by atoms with Crippen molar-refractivity contribution in [3.63, 3.8) is 0 Å². The molecule has 0 unspecified atom stereocenters. The molecule has 5 nitrogen and oxygen atoms in total. The fourth-order valence-corrected chi connectivity index (χ4v) is 3.66. The van der Waals surface area contributed by atoms with Gasteiger partial charge in [0.15, 0.2) is 0 Å². The predicted octanol–water partition coefficient (Wildman–Crippen LogP) is 3.14. The Labute approximate surface area is 152 Å². The van der Waals surface area contributed by atoms with Crippen molar-refractivity contribution in [2.24, 2.45) is 0 Å². The van der Waals surface area contributed by atoms with E-state index in [9.17, 15) is 14.0 Å². The van der Waals surface area contributed by atoms with Crippen LogP contribution in [0.25, 0.3) is 0 Å². The van der Waals surface area contributed by atoms with Gasteiger partial charge in [0.1, 0.15) is 12.4 Å². The maximum Gasteiger partial charge on any atom is 0.348 e. The van der Waals surface area contributed by atoms with Crippen molar-refractivity contribution < 1.29 is 9.18 Å². The molecule has 1 aliphatic heterocycles. The van der Waals surface area contributed by atoms with E-state index in [0.717, 1.165) is 31.2 Å². The van der Waals surface area contributed by atoms with E-state index in [1.165, 1.54) is 16.7 Å². The summed E-state index contributed by atoms with van der Waals surface area (Å²) in [5, 5.41) is 0. The van der Waals surface area contributed by atoms with Crippen molar-refractivity contribution in [2.75, 3.05) is 6.54 Å². The number of amides is 1. The molecule has 1 aliphatic rings. The van der Waals surface area contributed by atoms with E-state index in [4.69, 9.17) is 0 Å². The molecule has 1 fully saturated rings. The summed E-state index contributed by atoms with van der Waals surface area (Å²) in [5.41, 5.74) is 1.76. The minimum atomic E-state index is -0.409. The summed E-state index contributed by atoms with van der Waals surface area (Å²) in [6.45, 7) is 4.14. The van der Waals surface area contributed by atoms with Crippen molar-refractivity contribution in [3.05, 3.63) is 63.6 Å². The summed E-state index contributed by atoms with van der Waals surface area (Å²) in [5.74, 6) is -0.425. The Morgan fingerprint density at radius 3 is 2.77 bits per heavy atom. The number of nitrogens with zero attached hydrogens (tertiary/aromatic N) is 3. The molecule has 6 heteroatoms. The zero-order valence-corrected chi connectivity index (χ0v) is 15.2. The van der Waals surface area contributed by atoms with Crippen LogP contribution < -0.4 is 5.69 Å². The van der Waals surface area contributed by atoms with Gasteiger partial charge in [0.2, 0.25) is 5.91 Å². The van der Waals surface area contributed by atoms with Crippen molar-refractivity contribution in [3.8, 4) is 0 Å². The van der Waals surface area contributed by atoms with Gasteiger partial charge in [0.05, 0.1) is 6.04 Å². The molecule has 2 aromatic rings. The highest BCUT2D eigenvalue weighted by Gasteiger charge is 2.27. The molecular weight excluding hydrogens is 333 g/mol. The topological polar surface area (TPSA) is 55.2 Å². The highest BCUT2D eigenvalue weighted by atomic mass is 19.1. The van der Waals surface area contributed by atoms with Crippen LogP contribution in [-0.2, 0) is 11.3 Å². The van der Waals surface area contributed by atoms with Gasteiger partial charge in [-0.15, -0.1) is 0 Å². The number of benzene rings is 1. The molecular formula is C20H24FN3O2. The molecule has 0 saturated carbocycles. The van der Waals surface area contributed by atoms with Crippen LogP contribution in [-0.4, -0.2) is 26.9 Å².